The minimum Gasteiger partial charge on any atom is -0.464 e. The third-order valence-corrected chi connectivity index (χ3v) is 6.24. The zero-order chi connectivity index (χ0) is 31.8. The number of hydrogen-bond acceptors (Lipinski definition) is 8. The lowest BCUT2D eigenvalue weighted by atomic mass is 10.2. The lowest BCUT2D eigenvalue weighted by molar-refractivity contribution is -0.467. The molecule has 0 spiro atoms. The van der Waals surface area contributed by atoms with Crippen LogP contribution in [0.1, 0.15) is 97.3 Å². The topological polar surface area (TPSA) is 214 Å². The average Bonchev–Trinajstić information content (AvgIpc) is 2.94. The van der Waals surface area contributed by atoms with Crippen LogP contribution in [0.2, 0.25) is 0 Å². The summed E-state index contributed by atoms with van der Waals surface area (Å²) in [6.45, 7) is 4.74. The summed E-state index contributed by atoms with van der Waals surface area (Å²) >= 11 is 0. The van der Waals surface area contributed by atoms with Crippen molar-refractivity contribution in [3.63, 3.8) is 0 Å². The Hall–Kier alpha value is -3.30. The number of rotatable bonds is 24. The zero-order valence-electron chi connectivity index (χ0n) is 25.1. The third-order valence-electron chi connectivity index (χ3n) is 6.24. The molecule has 42 heavy (non-hydrogen) atoms. The average molecular weight is 604 g/mol. The van der Waals surface area contributed by atoms with E-state index in [1.165, 1.54) is 6.92 Å². The van der Waals surface area contributed by atoms with E-state index in [1.54, 1.807) is 6.92 Å². The highest BCUT2D eigenvalue weighted by Crippen LogP contribution is 2.03. The SMILES string of the molecule is CC(=O)N(O)CCCCCNC(=O)CCC(=O)N(O)CCCCCNC(=O)CCC(=O)N(O)CCCCC[NH+]=C(C)O. The third kappa shape index (κ3) is 22.4. The van der Waals surface area contributed by atoms with Crippen LogP contribution in [0, 0.1) is 0 Å². The maximum Gasteiger partial charge on any atom is 0.328 e. The number of carbonyl (C=O) groups excluding carboxylic acids is 5. The number of carbonyl (C=O) groups is 5. The van der Waals surface area contributed by atoms with Gasteiger partial charge in [-0.3, -0.25) is 39.6 Å². The molecule has 0 saturated heterocycles. The van der Waals surface area contributed by atoms with Gasteiger partial charge in [-0.2, -0.15) is 0 Å². The normalized spacial score (nSPS) is 11.1. The Morgan fingerprint density at radius 1 is 0.571 bits per heavy atom. The van der Waals surface area contributed by atoms with Crippen LogP contribution in [0.4, 0.5) is 0 Å². The number of amides is 5. The van der Waals surface area contributed by atoms with Crippen molar-refractivity contribution in [1.82, 2.24) is 25.8 Å². The Balaban J connectivity index is 3.77. The first-order valence-electron chi connectivity index (χ1n) is 14.7. The molecule has 0 aromatic carbocycles. The fraction of sp³-hybridized carbons (Fsp3) is 0.778. The van der Waals surface area contributed by atoms with Gasteiger partial charge in [0.1, 0.15) is 6.54 Å². The van der Waals surface area contributed by atoms with Crippen molar-refractivity contribution in [2.75, 3.05) is 39.3 Å². The van der Waals surface area contributed by atoms with Crippen molar-refractivity contribution < 1.29 is 49.7 Å². The number of aliphatic hydroxyl groups is 1. The zero-order valence-corrected chi connectivity index (χ0v) is 25.1. The Morgan fingerprint density at radius 3 is 1.38 bits per heavy atom. The number of hydrogen-bond donors (Lipinski definition) is 7. The lowest BCUT2D eigenvalue weighted by Crippen LogP contribution is -2.72. The van der Waals surface area contributed by atoms with E-state index in [-0.39, 0.29) is 63.0 Å². The van der Waals surface area contributed by atoms with E-state index in [0.717, 1.165) is 12.8 Å². The van der Waals surface area contributed by atoms with Crippen LogP contribution in [0.25, 0.3) is 0 Å². The maximum absolute atomic E-state index is 12.0. The monoisotopic (exact) mass is 603 g/mol. The van der Waals surface area contributed by atoms with Gasteiger partial charge >= 0.3 is 5.90 Å². The summed E-state index contributed by atoms with van der Waals surface area (Å²) in [5.41, 5.74) is 0. The van der Waals surface area contributed by atoms with Crippen molar-refractivity contribution in [3.05, 3.63) is 0 Å². The van der Waals surface area contributed by atoms with Crippen molar-refractivity contribution in [2.24, 2.45) is 0 Å². The van der Waals surface area contributed by atoms with Crippen LogP contribution in [0.15, 0.2) is 0 Å². The molecule has 5 amide bonds. The molecule has 15 nitrogen and oxygen atoms in total. The highest BCUT2D eigenvalue weighted by atomic mass is 16.5. The molecule has 15 heteroatoms. The summed E-state index contributed by atoms with van der Waals surface area (Å²) in [7, 11) is 0. The molecular weight excluding hydrogens is 552 g/mol. The Kier molecular flexibility index (Phi) is 22.4. The molecular formula is C27H51N6O9+. The first kappa shape index (κ1) is 38.7. The van der Waals surface area contributed by atoms with E-state index in [9.17, 15) is 39.6 Å². The highest BCUT2D eigenvalue weighted by Gasteiger charge is 2.14. The van der Waals surface area contributed by atoms with Gasteiger partial charge in [0.15, 0.2) is 0 Å². The Bertz CT molecular complexity index is 852. The molecule has 0 fully saturated rings. The van der Waals surface area contributed by atoms with Gasteiger partial charge in [-0.05, 0) is 51.4 Å². The molecule has 0 saturated carbocycles. The van der Waals surface area contributed by atoms with Gasteiger partial charge in [0.05, 0.1) is 6.92 Å². The molecule has 0 aliphatic carbocycles. The first-order valence-corrected chi connectivity index (χ1v) is 14.7. The van der Waals surface area contributed by atoms with Crippen molar-refractivity contribution in [3.8, 4) is 0 Å². The first-order chi connectivity index (χ1) is 19.9. The van der Waals surface area contributed by atoms with Gasteiger partial charge in [-0.15, -0.1) is 0 Å². The second kappa shape index (κ2) is 24.3. The minimum atomic E-state index is -0.555. The van der Waals surface area contributed by atoms with Crippen LogP contribution < -0.4 is 15.6 Å². The van der Waals surface area contributed by atoms with Gasteiger partial charge in [0.25, 0.3) is 0 Å². The molecule has 0 unspecified atom stereocenters. The molecule has 0 radical (unpaired) electrons. The van der Waals surface area contributed by atoms with E-state index >= 15 is 0 Å². The molecule has 0 aromatic heterocycles. The number of aliphatic hydroxyl groups excluding tert-OH is 1. The van der Waals surface area contributed by atoms with E-state index in [4.69, 9.17) is 5.11 Å². The van der Waals surface area contributed by atoms with Crippen LogP contribution in [0.5, 0.6) is 0 Å². The van der Waals surface area contributed by atoms with Crippen molar-refractivity contribution in [2.45, 2.75) is 97.3 Å². The summed E-state index contributed by atoms with van der Waals surface area (Å²) in [6, 6.07) is 0. The van der Waals surface area contributed by atoms with Crippen LogP contribution >= 0.6 is 0 Å². The predicted molar refractivity (Wildman–Crippen MR) is 151 cm³/mol. The lowest BCUT2D eigenvalue weighted by Gasteiger charge is -2.15. The largest absolute Gasteiger partial charge is 0.464 e. The summed E-state index contributed by atoms with van der Waals surface area (Å²) in [6.07, 6.45) is 5.59. The standard InChI is InChI=1S/C27H50N6O9/c1-22(34)28-16-6-3-10-20-32(41)26(38)14-13-25(37)30-18-8-5-11-21-33(42)27(39)15-12-24(36)29-17-7-4-9-19-31(40)23(2)35/h40-42H,3-21H2,1-2H3,(H,28,34)(H,29,36)(H,30,37)/p+1. The van der Waals surface area contributed by atoms with Crippen molar-refractivity contribution in [1.29, 1.82) is 0 Å². The molecule has 0 heterocycles. The van der Waals surface area contributed by atoms with Gasteiger partial charge < -0.3 is 15.7 Å². The quantitative estimate of drug-likeness (QED) is 0.0260. The number of unbranched alkanes of at least 4 members (excludes halogenated alkanes) is 6. The molecule has 242 valence electrons. The molecule has 0 aliphatic rings. The number of nitrogens with one attached hydrogen (secondary N) is 3. The fourth-order valence-electron chi connectivity index (χ4n) is 3.70. The fourth-order valence-corrected chi connectivity index (χ4v) is 3.70. The minimum absolute atomic E-state index is 0.0402. The Labute approximate surface area is 247 Å². The predicted octanol–water partition coefficient (Wildman–Crippen LogP) is 0.0204. The molecule has 0 aliphatic heterocycles. The van der Waals surface area contributed by atoms with E-state index in [0.29, 0.717) is 79.8 Å². The van der Waals surface area contributed by atoms with E-state index in [1.807, 2.05) is 0 Å². The Morgan fingerprint density at radius 2 is 0.976 bits per heavy atom. The summed E-state index contributed by atoms with van der Waals surface area (Å²) in [5.74, 6) is -1.95. The maximum atomic E-state index is 12.0. The second-order valence-electron chi connectivity index (χ2n) is 10.1. The molecule has 0 bridgehead atoms. The number of nitrogens with zero attached hydrogens (tertiary/aromatic N) is 3. The molecule has 7 N–H and O–H groups in total. The van der Waals surface area contributed by atoms with Crippen molar-refractivity contribution >= 4 is 35.4 Å². The van der Waals surface area contributed by atoms with Crippen LogP contribution in [0.3, 0.4) is 0 Å². The summed E-state index contributed by atoms with van der Waals surface area (Å²) < 4.78 is 0. The van der Waals surface area contributed by atoms with Gasteiger partial charge in [-0.25, -0.2) is 20.2 Å². The highest BCUT2D eigenvalue weighted by molar-refractivity contribution is 5.83. The summed E-state index contributed by atoms with van der Waals surface area (Å²) in [4.78, 5) is 61.4. The van der Waals surface area contributed by atoms with Crippen LogP contribution in [-0.2, 0) is 24.0 Å². The smallest absolute Gasteiger partial charge is 0.328 e. The molecule has 0 atom stereocenters. The molecule has 0 rings (SSSR count). The van der Waals surface area contributed by atoms with E-state index in [2.05, 4.69) is 15.6 Å². The van der Waals surface area contributed by atoms with Gasteiger partial charge in [0, 0.05) is 71.8 Å². The molecule has 0 aromatic rings. The van der Waals surface area contributed by atoms with Gasteiger partial charge in [0.2, 0.25) is 29.5 Å². The van der Waals surface area contributed by atoms with Crippen LogP contribution in [-0.4, -0.2) is 111 Å². The summed E-state index contributed by atoms with van der Waals surface area (Å²) in [5, 5.41) is 45.2. The van der Waals surface area contributed by atoms with E-state index < -0.39 is 17.7 Å². The van der Waals surface area contributed by atoms with Gasteiger partial charge in [-0.1, -0.05) is 0 Å². The number of hydroxylamine groups is 6. The second-order valence-corrected chi connectivity index (χ2v) is 10.1.